The van der Waals surface area contributed by atoms with Gasteiger partial charge in [0.1, 0.15) is 0 Å². The minimum atomic E-state index is 0.227. The second kappa shape index (κ2) is 4.88. The molecule has 1 unspecified atom stereocenters. The van der Waals surface area contributed by atoms with Crippen LogP contribution in [-0.2, 0) is 0 Å². The van der Waals surface area contributed by atoms with Gasteiger partial charge in [0, 0.05) is 12.6 Å². The fraction of sp³-hybridized carbons (Fsp3) is 0.545. The lowest BCUT2D eigenvalue weighted by Gasteiger charge is -2.21. The van der Waals surface area contributed by atoms with E-state index in [-0.39, 0.29) is 5.78 Å². The Labute approximate surface area is 93.9 Å². The van der Waals surface area contributed by atoms with Crippen LogP contribution in [-0.4, -0.2) is 36.4 Å². The molecule has 2 heterocycles. The van der Waals surface area contributed by atoms with Gasteiger partial charge in [0.25, 0.3) is 0 Å². The van der Waals surface area contributed by atoms with Crippen LogP contribution in [0.1, 0.15) is 22.5 Å². The lowest BCUT2D eigenvalue weighted by molar-refractivity contribution is 0.0928. The van der Waals surface area contributed by atoms with Gasteiger partial charge in [-0.1, -0.05) is 6.07 Å². The second-order valence-corrected chi connectivity index (χ2v) is 4.85. The number of carbonyl (C=O) groups is 1. The van der Waals surface area contributed by atoms with E-state index in [9.17, 15) is 4.79 Å². The molecule has 0 radical (unpaired) electrons. The Morgan fingerprint density at radius 2 is 2.53 bits per heavy atom. The molecule has 0 amide bonds. The van der Waals surface area contributed by atoms with Crippen molar-refractivity contribution in [1.29, 1.82) is 0 Å². The lowest BCUT2D eigenvalue weighted by Crippen LogP contribution is -2.38. The van der Waals surface area contributed by atoms with Gasteiger partial charge in [-0.25, -0.2) is 0 Å². The Morgan fingerprint density at radius 1 is 1.67 bits per heavy atom. The molecule has 1 aromatic heterocycles. The van der Waals surface area contributed by atoms with Gasteiger partial charge in [0.2, 0.25) is 0 Å². The summed E-state index contributed by atoms with van der Waals surface area (Å²) < 4.78 is 0. The fourth-order valence-corrected chi connectivity index (χ4v) is 2.73. The van der Waals surface area contributed by atoms with Gasteiger partial charge >= 0.3 is 0 Å². The summed E-state index contributed by atoms with van der Waals surface area (Å²) in [7, 11) is 0. The Hall–Kier alpha value is -0.710. The highest BCUT2D eigenvalue weighted by Gasteiger charge is 2.25. The molecule has 1 aromatic rings. The molecule has 0 aromatic carbocycles. The SMILES string of the molecule is NCC1CCCN1CC(=O)c1cccs1. The minimum Gasteiger partial charge on any atom is -0.329 e. The zero-order valence-electron chi connectivity index (χ0n) is 8.69. The Bertz CT molecular complexity index is 323. The Morgan fingerprint density at radius 3 is 3.20 bits per heavy atom. The molecule has 1 aliphatic heterocycles. The monoisotopic (exact) mass is 224 g/mol. The lowest BCUT2D eigenvalue weighted by atomic mass is 10.2. The third kappa shape index (κ3) is 2.45. The van der Waals surface area contributed by atoms with Gasteiger partial charge < -0.3 is 5.73 Å². The van der Waals surface area contributed by atoms with E-state index in [1.165, 1.54) is 17.8 Å². The number of likely N-dealkylation sites (tertiary alicyclic amines) is 1. The number of Topliss-reactive ketones (excluding diaryl/α,β-unsaturated/α-hetero) is 1. The number of nitrogens with zero attached hydrogens (tertiary/aromatic N) is 1. The van der Waals surface area contributed by atoms with E-state index in [1.807, 2.05) is 17.5 Å². The van der Waals surface area contributed by atoms with E-state index >= 15 is 0 Å². The maximum atomic E-state index is 11.9. The molecule has 82 valence electrons. The van der Waals surface area contributed by atoms with E-state index in [0.29, 0.717) is 19.1 Å². The van der Waals surface area contributed by atoms with E-state index in [0.717, 1.165) is 17.8 Å². The van der Waals surface area contributed by atoms with Crippen molar-refractivity contribution in [3.63, 3.8) is 0 Å². The standard InChI is InChI=1S/C11H16N2OS/c12-7-9-3-1-5-13(9)8-10(14)11-4-2-6-15-11/h2,4,6,9H,1,3,5,7-8,12H2. The summed E-state index contributed by atoms with van der Waals surface area (Å²) in [5.74, 6) is 0.227. The zero-order valence-corrected chi connectivity index (χ0v) is 9.50. The normalized spacial score (nSPS) is 22.1. The highest BCUT2D eigenvalue weighted by molar-refractivity contribution is 7.12. The van der Waals surface area contributed by atoms with Crippen molar-refractivity contribution in [2.24, 2.45) is 5.73 Å². The molecule has 15 heavy (non-hydrogen) atoms. The maximum Gasteiger partial charge on any atom is 0.186 e. The molecule has 3 nitrogen and oxygen atoms in total. The first-order chi connectivity index (χ1) is 7.31. The number of rotatable bonds is 4. The average molecular weight is 224 g/mol. The van der Waals surface area contributed by atoms with Crippen LogP contribution >= 0.6 is 11.3 Å². The van der Waals surface area contributed by atoms with Gasteiger partial charge in [-0.05, 0) is 30.8 Å². The molecule has 4 heteroatoms. The molecular formula is C11H16N2OS. The second-order valence-electron chi connectivity index (χ2n) is 3.90. The molecule has 1 saturated heterocycles. The van der Waals surface area contributed by atoms with Gasteiger partial charge in [-0.2, -0.15) is 0 Å². The largest absolute Gasteiger partial charge is 0.329 e. The van der Waals surface area contributed by atoms with Crippen LogP contribution in [0, 0.1) is 0 Å². The number of carbonyl (C=O) groups excluding carboxylic acids is 1. The summed E-state index contributed by atoms with van der Waals surface area (Å²) in [5, 5.41) is 1.94. The predicted octanol–water partition coefficient (Wildman–Crippen LogP) is 1.35. The van der Waals surface area contributed by atoms with Crippen LogP contribution < -0.4 is 5.73 Å². The van der Waals surface area contributed by atoms with Crippen LogP contribution in [0.5, 0.6) is 0 Å². The number of nitrogens with two attached hydrogens (primary N) is 1. The van der Waals surface area contributed by atoms with E-state index in [2.05, 4.69) is 4.90 Å². The van der Waals surface area contributed by atoms with Crippen molar-refractivity contribution in [2.45, 2.75) is 18.9 Å². The minimum absolute atomic E-state index is 0.227. The molecular weight excluding hydrogens is 208 g/mol. The fourth-order valence-electron chi connectivity index (χ4n) is 2.07. The topological polar surface area (TPSA) is 46.3 Å². The van der Waals surface area contributed by atoms with Gasteiger partial charge in [-0.3, -0.25) is 9.69 Å². The van der Waals surface area contributed by atoms with Gasteiger partial charge in [0.05, 0.1) is 11.4 Å². The summed E-state index contributed by atoms with van der Waals surface area (Å²) in [4.78, 5) is 14.9. The average Bonchev–Trinajstić information content (AvgIpc) is 2.87. The summed E-state index contributed by atoms with van der Waals surface area (Å²) in [6.45, 7) is 2.21. The smallest absolute Gasteiger partial charge is 0.186 e. The zero-order chi connectivity index (χ0) is 10.7. The van der Waals surface area contributed by atoms with E-state index in [4.69, 9.17) is 5.73 Å². The van der Waals surface area contributed by atoms with Crippen molar-refractivity contribution in [3.05, 3.63) is 22.4 Å². The number of ketones is 1. The van der Waals surface area contributed by atoms with Crippen molar-refractivity contribution in [1.82, 2.24) is 4.90 Å². The molecule has 1 aliphatic rings. The molecule has 2 rings (SSSR count). The third-order valence-electron chi connectivity index (χ3n) is 2.91. The molecule has 1 fully saturated rings. The molecule has 0 bridgehead atoms. The molecule has 0 aliphatic carbocycles. The quantitative estimate of drug-likeness (QED) is 0.785. The van der Waals surface area contributed by atoms with Crippen LogP contribution in [0.25, 0.3) is 0 Å². The highest BCUT2D eigenvalue weighted by atomic mass is 32.1. The van der Waals surface area contributed by atoms with Crippen LogP contribution in [0.15, 0.2) is 17.5 Å². The van der Waals surface area contributed by atoms with Crippen LogP contribution in [0.3, 0.4) is 0 Å². The van der Waals surface area contributed by atoms with Gasteiger partial charge in [-0.15, -0.1) is 11.3 Å². The summed E-state index contributed by atoms with van der Waals surface area (Å²) in [6.07, 6.45) is 2.30. The highest BCUT2D eigenvalue weighted by Crippen LogP contribution is 2.17. The summed E-state index contributed by atoms with van der Waals surface area (Å²) in [5.41, 5.74) is 5.67. The predicted molar refractivity (Wildman–Crippen MR) is 62.3 cm³/mol. The van der Waals surface area contributed by atoms with Gasteiger partial charge in [0.15, 0.2) is 5.78 Å². The number of thiophene rings is 1. The third-order valence-corrected chi connectivity index (χ3v) is 3.82. The Kier molecular flexibility index (Phi) is 3.51. The maximum absolute atomic E-state index is 11.9. The van der Waals surface area contributed by atoms with Crippen molar-refractivity contribution >= 4 is 17.1 Å². The Balaban J connectivity index is 1.94. The molecule has 1 atom stereocenters. The summed E-state index contributed by atoms with van der Waals surface area (Å²) >= 11 is 1.52. The molecule has 0 saturated carbocycles. The van der Waals surface area contributed by atoms with Crippen LogP contribution in [0.4, 0.5) is 0 Å². The number of hydrogen-bond acceptors (Lipinski definition) is 4. The first kappa shape index (κ1) is 10.8. The summed E-state index contributed by atoms with van der Waals surface area (Å²) in [6, 6.07) is 4.22. The van der Waals surface area contributed by atoms with Crippen molar-refractivity contribution < 1.29 is 4.79 Å². The first-order valence-corrected chi connectivity index (χ1v) is 6.20. The van der Waals surface area contributed by atoms with Crippen molar-refractivity contribution in [2.75, 3.05) is 19.6 Å². The first-order valence-electron chi connectivity index (χ1n) is 5.32. The van der Waals surface area contributed by atoms with E-state index < -0.39 is 0 Å². The van der Waals surface area contributed by atoms with E-state index in [1.54, 1.807) is 0 Å². The molecule has 2 N–H and O–H groups in total. The van der Waals surface area contributed by atoms with Crippen molar-refractivity contribution in [3.8, 4) is 0 Å². The van der Waals surface area contributed by atoms with Crippen LogP contribution in [0.2, 0.25) is 0 Å². The molecule has 0 spiro atoms. The number of hydrogen-bond donors (Lipinski definition) is 1.